The lowest BCUT2D eigenvalue weighted by Gasteiger charge is -2.06. The number of nitrogens with one attached hydrogen (secondary N) is 1. The van der Waals surface area contributed by atoms with Crippen molar-refractivity contribution in [2.45, 2.75) is 6.43 Å². The summed E-state index contributed by atoms with van der Waals surface area (Å²) in [5.74, 6) is -0.320. The minimum atomic E-state index is -2.49. The van der Waals surface area contributed by atoms with E-state index in [0.29, 0.717) is 10.0 Å². The lowest BCUT2D eigenvalue weighted by Crippen LogP contribution is -2.27. The third-order valence-electron chi connectivity index (χ3n) is 1.74. The maximum Gasteiger partial charge on any atom is 0.261 e. The van der Waals surface area contributed by atoms with Crippen molar-refractivity contribution in [3.05, 3.63) is 28.5 Å². The second kappa shape index (κ2) is 7.29. The van der Waals surface area contributed by atoms with Gasteiger partial charge in [-0.25, -0.2) is 8.78 Å². The molecule has 0 saturated heterocycles. The molecule has 0 aliphatic heterocycles. The number of nitrogens with zero attached hydrogens (tertiary/aromatic N) is 1. The Morgan fingerprint density at radius 1 is 1.53 bits per heavy atom. The molecule has 17 heavy (non-hydrogen) atoms. The molecule has 1 heterocycles. The lowest BCUT2D eigenvalue weighted by atomic mass is 10.3. The van der Waals surface area contributed by atoms with Gasteiger partial charge in [-0.05, 0) is 22.0 Å². The van der Waals surface area contributed by atoms with Crippen molar-refractivity contribution in [2.75, 3.05) is 19.8 Å². The number of alkyl halides is 2. The Kier molecular flexibility index (Phi) is 5.99. The van der Waals surface area contributed by atoms with Crippen LogP contribution < -0.4 is 5.32 Å². The van der Waals surface area contributed by atoms with E-state index in [1.54, 1.807) is 12.3 Å². The number of ether oxygens (including phenoxy) is 1. The standard InChI is InChI=1S/C10H11BrF2N2O2/c11-8-3-7(4-14-5-8)10(16)15-1-2-17-6-9(12)13/h3-5,9H,1-2,6H2,(H,15,16). The molecule has 0 aliphatic rings. The van der Waals surface area contributed by atoms with Gasteiger partial charge in [0.15, 0.2) is 0 Å². The molecule has 0 unspecified atom stereocenters. The molecule has 0 bridgehead atoms. The zero-order chi connectivity index (χ0) is 12.7. The molecule has 0 atom stereocenters. The first-order valence-corrected chi connectivity index (χ1v) is 5.63. The zero-order valence-corrected chi connectivity index (χ0v) is 10.4. The van der Waals surface area contributed by atoms with Crippen molar-refractivity contribution >= 4 is 21.8 Å². The minimum absolute atomic E-state index is 0.0531. The second-order valence-electron chi connectivity index (χ2n) is 3.11. The Morgan fingerprint density at radius 3 is 2.94 bits per heavy atom. The van der Waals surface area contributed by atoms with Crippen LogP contribution in [0.5, 0.6) is 0 Å². The molecule has 0 saturated carbocycles. The molecule has 0 spiro atoms. The van der Waals surface area contributed by atoms with Crippen LogP contribution in [0.25, 0.3) is 0 Å². The van der Waals surface area contributed by atoms with Crippen molar-refractivity contribution in [3.8, 4) is 0 Å². The van der Waals surface area contributed by atoms with E-state index in [1.165, 1.54) is 6.20 Å². The van der Waals surface area contributed by atoms with Gasteiger partial charge >= 0.3 is 0 Å². The Labute approximate surface area is 105 Å². The summed E-state index contributed by atoms with van der Waals surface area (Å²) >= 11 is 3.19. The fourth-order valence-corrected chi connectivity index (χ4v) is 1.41. The van der Waals surface area contributed by atoms with Crippen molar-refractivity contribution in [1.82, 2.24) is 10.3 Å². The zero-order valence-electron chi connectivity index (χ0n) is 8.83. The van der Waals surface area contributed by atoms with Gasteiger partial charge in [0.2, 0.25) is 0 Å². The molecule has 94 valence electrons. The first-order chi connectivity index (χ1) is 8.09. The molecule has 4 nitrogen and oxygen atoms in total. The third kappa shape index (κ3) is 5.69. The Bertz CT molecular complexity index is 377. The molecule has 0 fully saturated rings. The highest BCUT2D eigenvalue weighted by Gasteiger charge is 2.06. The molecule has 0 aromatic carbocycles. The molecule has 1 N–H and O–H groups in total. The largest absolute Gasteiger partial charge is 0.374 e. The summed E-state index contributed by atoms with van der Waals surface area (Å²) in [4.78, 5) is 15.4. The van der Waals surface area contributed by atoms with Crippen molar-refractivity contribution in [3.63, 3.8) is 0 Å². The van der Waals surface area contributed by atoms with Crippen LogP contribution in [0.15, 0.2) is 22.9 Å². The third-order valence-corrected chi connectivity index (χ3v) is 2.18. The summed E-state index contributed by atoms with van der Waals surface area (Å²) in [6, 6.07) is 1.61. The number of pyridine rings is 1. The van der Waals surface area contributed by atoms with Crippen LogP contribution in [0.2, 0.25) is 0 Å². The van der Waals surface area contributed by atoms with Crippen LogP contribution in [0.4, 0.5) is 8.78 Å². The van der Waals surface area contributed by atoms with Crippen LogP contribution in [-0.2, 0) is 4.74 Å². The summed E-state index contributed by atoms with van der Waals surface area (Å²) in [5, 5.41) is 2.53. The predicted molar refractivity (Wildman–Crippen MR) is 61.1 cm³/mol. The topological polar surface area (TPSA) is 51.2 Å². The van der Waals surface area contributed by atoms with Gasteiger partial charge in [0, 0.05) is 23.4 Å². The van der Waals surface area contributed by atoms with Crippen molar-refractivity contribution < 1.29 is 18.3 Å². The van der Waals surface area contributed by atoms with Crippen molar-refractivity contribution in [2.24, 2.45) is 0 Å². The van der Waals surface area contributed by atoms with Gasteiger partial charge in [-0.1, -0.05) is 0 Å². The molecule has 0 radical (unpaired) electrons. The quantitative estimate of drug-likeness (QED) is 0.816. The van der Waals surface area contributed by atoms with Gasteiger partial charge in [-0.3, -0.25) is 9.78 Å². The highest BCUT2D eigenvalue weighted by Crippen LogP contribution is 2.09. The fraction of sp³-hybridized carbons (Fsp3) is 0.400. The number of amides is 1. The maximum atomic E-state index is 11.7. The summed E-state index contributed by atoms with van der Waals surface area (Å²) in [6.45, 7) is -0.385. The van der Waals surface area contributed by atoms with Crippen LogP contribution in [0, 0.1) is 0 Å². The second-order valence-corrected chi connectivity index (χ2v) is 4.03. The number of hydrogen-bond acceptors (Lipinski definition) is 3. The van der Waals surface area contributed by atoms with Gasteiger partial charge < -0.3 is 10.1 Å². The van der Waals surface area contributed by atoms with E-state index in [1.807, 2.05) is 0 Å². The number of halogens is 3. The van der Waals surface area contributed by atoms with Gasteiger partial charge in [0.05, 0.1) is 12.2 Å². The van der Waals surface area contributed by atoms with E-state index >= 15 is 0 Å². The highest BCUT2D eigenvalue weighted by molar-refractivity contribution is 9.10. The van der Waals surface area contributed by atoms with Crippen LogP contribution in [0.1, 0.15) is 10.4 Å². The number of hydrogen-bond donors (Lipinski definition) is 1. The average molecular weight is 309 g/mol. The molecule has 1 aromatic heterocycles. The molecule has 1 rings (SSSR count). The van der Waals surface area contributed by atoms with E-state index in [9.17, 15) is 13.6 Å². The smallest absolute Gasteiger partial charge is 0.261 e. The molecule has 0 aliphatic carbocycles. The number of rotatable bonds is 6. The number of carbonyl (C=O) groups excluding carboxylic acids is 1. The fourth-order valence-electron chi connectivity index (χ4n) is 1.05. The van der Waals surface area contributed by atoms with Crippen LogP contribution >= 0.6 is 15.9 Å². The molecular formula is C10H11BrF2N2O2. The van der Waals surface area contributed by atoms with Crippen LogP contribution in [0.3, 0.4) is 0 Å². The van der Waals surface area contributed by atoms with Crippen LogP contribution in [-0.4, -0.2) is 37.1 Å². The van der Waals surface area contributed by atoms with Gasteiger partial charge in [-0.15, -0.1) is 0 Å². The highest BCUT2D eigenvalue weighted by atomic mass is 79.9. The summed E-state index contributed by atoms with van der Waals surface area (Å²) in [7, 11) is 0. The minimum Gasteiger partial charge on any atom is -0.374 e. The van der Waals surface area contributed by atoms with Gasteiger partial charge in [0.1, 0.15) is 6.61 Å². The molecular weight excluding hydrogens is 298 g/mol. The molecule has 7 heteroatoms. The van der Waals surface area contributed by atoms with Crippen molar-refractivity contribution in [1.29, 1.82) is 0 Å². The first-order valence-electron chi connectivity index (χ1n) is 4.84. The van der Waals surface area contributed by atoms with E-state index in [4.69, 9.17) is 0 Å². The van der Waals surface area contributed by atoms with E-state index < -0.39 is 13.0 Å². The molecule has 1 amide bonds. The Balaban J connectivity index is 2.26. The summed E-state index contributed by atoms with van der Waals surface area (Å²) in [6.07, 6.45) is 0.489. The SMILES string of the molecule is O=C(NCCOCC(F)F)c1cncc(Br)c1. The summed E-state index contributed by atoms with van der Waals surface area (Å²) < 4.78 is 28.7. The van der Waals surface area contributed by atoms with E-state index in [2.05, 4.69) is 31.0 Å². The summed E-state index contributed by atoms with van der Waals surface area (Å²) in [5.41, 5.74) is 0.397. The van der Waals surface area contributed by atoms with Gasteiger partial charge in [0.25, 0.3) is 12.3 Å². The Morgan fingerprint density at radius 2 is 2.29 bits per heavy atom. The van der Waals surface area contributed by atoms with E-state index in [-0.39, 0.29) is 19.1 Å². The predicted octanol–water partition coefficient (Wildman–Crippen LogP) is 1.86. The number of aromatic nitrogens is 1. The normalized spacial score (nSPS) is 10.6. The Hall–Kier alpha value is -1.08. The number of carbonyl (C=O) groups is 1. The maximum absolute atomic E-state index is 11.7. The molecule has 1 aromatic rings. The monoisotopic (exact) mass is 308 g/mol. The lowest BCUT2D eigenvalue weighted by molar-refractivity contribution is 0.0188. The first kappa shape index (κ1) is 14.0. The van der Waals surface area contributed by atoms with Gasteiger partial charge in [-0.2, -0.15) is 0 Å². The average Bonchev–Trinajstić information content (AvgIpc) is 2.28. The van der Waals surface area contributed by atoms with E-state index in [0.717, 1.165) is 0 Å².